The normalized spacial score (nSPS) is 26.9. The Morgan fingerprint density at radius 1 is 1.44 bits per heavy atom. The zero-order valence-corrected chi connectivity index (χ0v) is 9.54. The van der Waals surface area contributed by atoms with Crippen LogP contribution in [0.15, 0.2) is 24.3 Å². The molecule has 2 nitrogen and oxygen atoms in total. The minimum Gasteiger partial charge on any atom is -0.388 e. The van der Waals surface area contributed by atoms with Crippen molar-refractivity contribution in [2.24, 2.45) is 0 Å². The summed E-state index contributed by atoms with van der Waals surface area (Å²) in [6.07, 6.45) is 1.53. The molecule has 1 heterocycles. The standard InChI is InChI=1S/C13H18FNO/c1-10(8-13(16)6-7-15-9-13)11-2-4-12(14)5-3-11/h2-5,10,15-16H,6-9H2,1H3. The third kappa shape index (κ3) is 2.60. The first kappa shape index (κ1) is 11.6. The fourth-order valence-corrected chi connectivity index (χ4v) is 2.38. The second kappa shape index (κ2) is 4.52. The maximum atomic E-state index is 12.8. The zero-order valence-electron chi connectivity index (χ0n) is 9.54. The molecule has 1 aromatic rings. The minimum absolute atomic E-state index is 0.211. The molecule has 1 aliphatic heterocycles. The number of rotatable bonds is 3. The van der Waals surface area contributed by atoms with E-state index in [0.29, 0.717) is 6.54 Å². The molecule has 0 radical (unpaired) electrons. The predicted molar refractivity (Wildman–Crippen MR) is 61.9 cm³/mol. The molecule has 0 bridgehead atoms. The monoisotopic (exact) mass is 223 g/mol. The van der Waals surface area contributed by atoms with Crippen LogP contribution in [-0.4, -0.2) is 23.8 Å². The molecule has 0 saturated carbocycles. The molecule has 88 valence electrons. The van der Waals surface area contributed by atoms with Gasteiger partial charge in [-0.1, -0.05) is 19.1 Å². The molecule has 1 saturated heterocycles. The third-order valence-corrected chi connectivity index (χ3v) is 3.35. The molecule has 0 aromatic heterocycles. The van der Waals surface area contributed by atoms with Crippen molar-refractivity contribution in [2.75, 3.05) is 13.1 Å². The smallest absolute Gasteiger partial charge is 0.123 e. The van der Waals surface area contributed by atoms with Crippen LogP contribution >= 0.6 is 0 Å². The molecule has 3 heteroatoms. The van der Waals surface area contributed by atoms with Gasteiger partial charge >= 0.3 is 0 Å². The van der Waals surface area contributed by atoms with E-state index in [1.165, 1.54) is 12.1 Å². The Labute approximate surface area is 95.5 Å². The molecular formula is C13H18FNO. The first-order valence-corrected chi connectivity index (χ1v) is 5.78. The highest BCUT2D eigenvalue weighted by molar-refractivity contribution is 5.20. The number of hydrogen-bond donors (Lipinski definition) is 2. The number of benzene rings is 1. The van der Waals surface area contributed by atoms with Gasteiger partial charge in [0.05, 0.1) is 5.60 Å². The zero-order chi connectivity index (χ0) is 11.6. The molecule has 1 fully saturated rings. The fourth-order valence-electron chi connectivity index (χ4n) is 2.38. The van der Waals surface area contributed by atoms with Crippen molar-refractivity contribution < 1.29 is 9.50 Å². The summed E-state index contributed by atoms with van der Waals surface area (Å²) in [5.41, 5.74) is 0.495. The largest absolute Gasteiger partial charge is 0.388 e. The topological polar surface area (TPSA) is 32.3 Å². The Morgan fingerprint density at radius 2 is 2.12 bits per heavy atom. The molecule has 2 atom stereocenters. The van der Waals surface area contributed by atoms with Crippen LogP contribution in [-0.2, 0) is 0 Å². The van der Waals surface area contributed by atoms with E-state index in [0.717, 1.165) is 24.9 Å². The first-order chi connectivity index (χ1) is 7.59. The van der Waals surface area contributed by atoms with Gasteiger partial charge in [-0.2, -0.15) is 0 Å². The minimum atomic E-state index is -0.589. The van der Waals surface area contributed by atoms with Crippen LogP contribution in [0.25, 0.3) is 0 Å². The van der Waals surface area contributed by atoms with E-state index >= 15 is 0 Å². The predicted octanol–water partition coefficient (Wildman–Crippen LogP) is 2.04. The van der Waals surface area contributed by atoms with Crippen LogP contribution < -0.4 is 5.32 Å². The van der Waals surface area contributed by atoms with Gasteiger partial charge in [0.25, 0.3) is 0 Å². The van der Waals surface area contributed by atoms with Crippen molar-refractivity contribution in [3.63, 3.8) is 0 Å². The molecule has 1 aliphatic rings. The van der Waals surface area contributed by atoms with Gasteiger partial charge in [0.1, 0.15) is 5.82 Å². The van der Waals surface area contributed by atoms with Crippen LogP contribution in [0.4, 0.5) is 4.39 Å². The summed E-state index contributed by atoms with van der Waals surface area (Å²) < 4.78 is 12.8. The molecule has 1 aromatic carbocycles. The average molecular weight is 223 g/mol. The Morgan fingerprint density at radius 3 is 2.69 bits per heavy atom. The lowest BCUT2D eigenvalue weighted by molar-refractivity contribution is 0.0463. The van der Waals surface area contributed by atoms with E-state index in [1.807, 2.05) is 0 Å². The second-order valence-corrected chi connectivity index (χ2v) is 4.81. The van der Waals surface area contributed by atoms with Crippen LogP contribution in [0.2, 0.25) is 0 Å². The van der Waals surface area contributed by atoms with Crippen molar-refractivity contribution in [1.29, 1.82) is 0 Å². The fraction of sp³-hybridized carbons (Fsp3) is 0.538. The highest BCUT2D eigenvalue weighted by Crippen LogP contribution is 2.29. The van der Waals surface area contributed by atoms with Crippen molar-refractivity contribution in [2.45, 2.75) is 31.3 Å². The molecule has 0 spiro atoms. The van der Waals surface area contributed by atoms with Gasteiger partial charge < -0.3 is 10.4 Å². The van der Waals surface area contributed by atoms with Crippen molar-refractivity contribution in [3.8, 4) is 0 Å². The number of β-amino-alcohol motifs (C(OH)–C–C–N with tert-alkyl or cyclic N) is 1. The summed E-state index contributed by atoms with van der Waals surface area (Å²) in [5.74, 6) is 0.0442. The molecule has 16 heavy (non-hydrogen) atoms. The Hall–Kier alpha value is -0.930. The summed E-state index contributed by atoms with van der Waals surface area (Å²) in [6.45, 7) is 3.62. The molecular weight excluding hydrogens is 205 g/mol. The van der Waals surface area contributed by atoms with Crippen molar-refractivity contribution in [3.05, 3.63) is 35.6 Å². The molecule has 2 N–H and O–H groups in total. The Balaban J connectivity index is 2.02. The summed E-state index contributed by atoms with van der Waals surface area (Å²) in [7, 11) is 0. The van der Waals surface area contributed by atoms with Crippen LogP contribution in [0.1, 0.15) is 31.2 Å². The Bertz CT molecular complexity index is 343. The van der Waals surface area contributed by atoms with Crippen LogP contribution in [0, 0.1) is 5.82 Å². The third-order valence-electron chi connectivity index (χ3n) is 3.35. The van der Waals surface area contributed by atoms with Crippen molar-refractivity contribution in [1.82, 2.24) is 5.32 Å². The lowest BCUT2D eigenvalue weighted by atomic mass is 9.86. The van der Waals surface area contributed by atoms with Gasteiger partial charge in [-0.25, -0.2) is 4.39 Å². The second-order valence-electron chi connectivity index (χ2n) is 4.81. The quantitative estimate of drug-likeness (QED) is 0.822. The maximum absolute atomic E-state index is 12.8. The summed E-state index contributed by atoms with van der Waals surface area (Å²) >= 11 is 0. The molecule has 0 aliphatic carbocycles. The lowest BCUT2D eigenvalue weighted by Gasteiger charge is -2.25. The van der Waals surface area contributed by atoms with E-state index in [4.69, 9.17) is 0 Å². The van der Waals surface area contributed by atoms with E-state index in [-0.39, 0.29) is 11.7 Å². The first-order valence-electron chi connectivity index (χ1n) is 5.78. The van der Waals surface area contributed by atoms with Gasteiger partial charge in [-0.05, 0) is 43.0 Å². The van der Waals surface area contributed by atoms with Gasteiger partial charge in [0.15, 0.2) is 0 Å². The highest BCUT2D eigenvalue weighted by atomic mass is 19.1. The summed E-state index contributed by atoms with van der Waals surface area (Å²) in [5, 5.41) is 13.4. The molecule has 2 unspecified atom stereocenters. The number of hydrogen-bond acceptors (Lipinski definition) is 2. The van der Waals surface area contributed by atoms with Crippen molar-refractivity contribution >= 4 is 0 Å². The summed E-state index contributed by atoms with van der Waals surface area (Å²) in [6, 6.07) is 6.54. The van der Waals surface area contributed by atoms with Crippen LogP contribution in [0.3, 0.4) is 0 Å². The maximum Gasteiger partial charge on any atom is 0.123 e. The molecule has 2 rings (SSSR count). The number of aliphatic hydroxyl groups is 1. The van der Waals surface area contributed by atoms with E-state index < -0.39 is 5.60 Å². The van der Waals surface area contributed by atoms with E-state index in [2.05, 4.69) is 12.2 Å². The summed E-state index contributed by atoms with van der Waals surface area (Å²) in [4.78, 5) is 0. The van der Waals surface area contributed by atoms with E-state index in [1.54, 1.807) is 12.1 Å². The number of halogens is 1. The lowest BCUT2D eigenvalue weighted by Crippen LogP contribution is -2.32. The van der Waals surface area contributed by atoms with Gasteiger partial charge in [-0.3, -0.25) is 0 Å². The van der Waals surface area contributed by atoms with Crippen LogP contribution in [0.5, 0.6) is 0 Å². The van der Waals surface area contributed by atoms with Gasteiger partial charge in [0, 0.05) is 6.54 Å². The van der Waals surface area contributed by atoms with E-state index in [9.17, 15) is 9.50 Å². The average Bonchev–Trinajstić information content (AvgIpc) is 2.65. The Kier molecular flexibility index (Phi) is 3.26. The van der Waals surface area contributed by atoms with Gasteiger partial charge in [-0.15, -0.1) is 0 Å². The highest BCUT2D eigenvalue weighted by Gasteiger charge is 2.32. The molecule has 0 amide bonds. The number of nitrogens with one attached hydrogen (secondary N) is 1. The van der Waals surface area contributed by atoms with Gasteiger partial charge in [0.2, 0.25) is 0 Å². The SMILES string of the molecule is CC(CC1(O)CCNC1)c1ccc(F)cc1.